The molecule has 0 unspecified atom stereocenters. The maximum atomic E-state index is 5.40. The summed E-state index contributed by atoms with van der Waals surface area (Å²) in [6.45, 7) is 0. The highest BCUT2D eigenvalue weighted by Gasteiger charge is 2.22. The highest BCUT2D eigenvalue weighted by molar-refractivity contribution is 7.26. The van der Waals surface area contributed by atoms with Gasteiger partial charge in [-0.05, 0) is 58.0 Å². The highest BCUT2D eigenvalue weighted by Crippen LogP contribution is 2.43. The molecule has 0 amide bonds. The van der Waals surface area contributed by atoms with Crippen molar-refractivity contribution in [2.45, 2.75) is 0 Å². The number of aromatic nitrogens is 4. The van der Waals surface area contributed by atoms with Crippen LogP contribution in [0.1, 0.15) is 0 Å². The molecule has 0 saturated carbocycles. The van der Waals surface area contributed by atoms with Crippen LogP contribution in [0.2, 0.25) is 0 Å². The Morgan fingerprint density at radius 3 is 1.48 bits per heavy atom. The molecule has 12 aromatic rings. The van der Waals surface area contributed by atoms with Crippen LogP contribution >= 0.6 is 11.3 Å². The van der Waals surface area contributed by atoms with Gasteiger partial charge in [-0.3, -0.25) is 0 Å². The quantitative estimate of drug-likeness (QED) is 0.169. The molecule has 0 aliphatic heterocycles. The average Bonchev–Trinajstić information content (AvgIpc) is 3.87. The normalized spacial score (nSPS) is 11.7. The molecule has 12 rings (SSSR count). The van der Waals surface area contributed by atoms with Gasteiger partial charge in [-0.15, -0.1) is 11.3 Å². The lowest BCUT2D eigenvalue weighted by Crippen LogP contribution is -2.02. The third-order valence-electron chi connectivity index (χ3n) is 11.7. The lowest BCUT2D eigenvalue weighted by Gasteiger charge is -2.17. The van der Waals surface area contributed by atoms with E-state index >= 15 is 0 Å². The summed E-state index contributed by atoms with van der Waals surface area (Å²) in [7, 11) is 0. The molecule has 0 radical (unpaired) electrons. The van der Waals surface area contributed by atoms with Crippen LogP contribution in [0.5, 0.6) is 0 Å². The van der Waals surface area contributed by atoms with Gasteiger partial charge in [0.25, 0.3) is 0 Å². The number of benzene rings is 9. The second-order valence-corrected chi connectivity index (χ2v) is 16.1. The number of para-hydroxylation sites is 2. The molecule has 0 aliphatic rings. The summed E-state index contributed by atoms with van der Waals surface area (Å²) in [6.07, 6.45) is 0. The smallest absolute Gasteiger partial charge is 0.165 e. The van der Waals surface area contributed by atoms with E-state index in [9.17, 15) is 0 Å². The average molecular weight is 783 g/mol. The molecule has 9 aromatic carbocycles. The van der Waals surface area contributed by atoms with Crippen molar-refractivity contribution in [2.75, 3.05) is 0 Å². The highest BCUT2D eigenvalue weighted by atomic mass is 32.1. The van der Waals surface area contributed by atoms with E-state index in [2.05, 4.69) is 205 Å². The van der Waals surface area contributed by atoms with Gasteiger partial charge in [-0.25, -0.2) is 15.0 Å². The summed E-state index contributed by atoms with van der Waals surface area (Å²) >= 11 is 1.79. The first kappa shape index (κ1) is 34.3. The maximum Gasteiger partial charge on any atom is 0.165 e. The van der Waals surface area contributed by atoms with Crippen LogP contribution in [-0.2, 0) is 0 Å². The molecule has 280 valence electrons. The number of hydrogen-bond donors (Lipinski definition) is 0. The first-order valence-electron chi connectivity index (χ1n) is 20.2. The summed E-state index contributed by atoms with van der Waals surface area (Å²) in [6, 6.07) is 73.2. The van der Waals surface area contributed by atoms with Gasteiger partial charge in [0, 0.05) is 53.0 Å². The van der Waals surface area contributed by atoms with Crippen LogP contribution in [-0.4, -0.2) is 19.5 Å². The van der Waals surface area contributed by atoms with Crippen molar-refractivity contribution in [2.24, 2.45) is 0 Å². The molecule has 0 bridgehead atoms. The van der Waals surface area contributed by atoms with Gasteiger partial charge < -0.3 is 4.57 Å². The lowest BCUT2D eigenvalue weighted by atomic mass is 9.93. The zero-order valence-corrected chi connectivity index (χ0v) is 33.1. The third-order valence-corrected chi connectivity index (χ3v) is 12.9. The standard InChI is InChI=1S/C55H34N4S/c1-2-17-35(18-3-1)36-19-4-8-26-45(36)53-56-54(58-55(57-53)47-29-16-28-44-43-25-12-15-32-51(43)60-52(44)47)46-27-9-6-21-38(46)39-33-34-50(40-22-7-5-20-37(39)40)59-48-30-13-10-23-41(48)42-24-11-14-31-49(42)59/h1-34H. The second-order valence-electron chi connectivity index (χ2n) is 15.1. The summed E-state index contributed by atoms with van der Waals surface area (Å²) in [5, 5.41) is 7.26. The minimum absolute atomic E-state index is 0.627. The van der Waals surface area contributed by atoms with Gasteiger partial charge in [0.1, 0.15) is 0 Å². The maximum absolute atomic E-state index is 5.40. The van der Waals surface area contributed by atoms with E-state index in [4.69, 9.17) is 15.0 Å². The number of hydrogen-bond acceptors (Lipinski definition) is 4. The Bertz CT molecular complexity index is 3570. The van der Waals surface area contributed by atoms with Crippen LogP contribution in [0.25, 0.3) is 115 Å². The van der Waals surface area contributed by atoms with E-state index in [1.165, 1.54) is 42.7 Å². The lowest BCUT2D eigenvalue weighted by molar-refractivity contribution is 1.08. The van der Waals surface area contributed by atoms with Gasteiger partial charge in [0.15, 0.2) is 17.5 Å². The fourth-order valence-corrected chi connectivity index (χ4v) is 10.2. The molecule has 0 atom stereocenters. The van der Waals surface area contributed by atoms with Crippen LogP contribution < -0.4 is 0 Å². The Hall–Kier alpha value is -7.73. The van der Waals surface area contributed by atoms with Crippen molar-refractivity contribution < 1.29 is 0 Å². The summed E-state index contributed by atoms with van der Waals surface area (Å²) in [4.78, 5) is 16.1. The Kier molecular flexibility index (Phi) is 8.00. The van der Waals surface area contributed by atoms with E-state index in [0.29, 0.717) is 17.5 Å². The minimum Gasteiger partial charge on any atom is -0.309 e. The van der Waals surface area contributed by atoms with E-state index in [0.717, 1.165) is 54.7 Å². The van der Waals surface area contributed by atoms with Crippen molar-refractivity contribution in [3.05, 3.63) is 206 Å². The van der Waals surface area contributed by atoms with Crippen LogP contribution in [0.15, 0.2) is 206 Å². The van der Waals surface area contributed by atoms with Crippen molar-refractivity contribution in [3.63, 3.8) is 0 Å². The number of fused-ring (bicyclic) bond motifs is 7. The topological polar surface area (TPSA) is 43.6 Å². The molecule has 0 N–H and O–H groups in total. The Balaban J connectivity index is 1.10. The zero-order valence-electron chi connectivity index (χ0n) is 32.3. The first-order chi connectivity index (χ1) is 29.8. The van der Waals surface area contributed by atoms with Gasteiger partial charge in [-0.1, -0.05) is 176 Å². The van der Waals surface area contributed by atoms with E-state index in [1.807, 2.05) is 6.07 Å². The SMILES string of the molecule is c1ccc(-c2ccccc2-c2nc(-c3ccccc3-c3ccc(-n4c5ccccc5c5ccccc54)c4ccccc34)nc(-c3cccc4c3sc3ccccc34)n2)cc1. The van der Waals surface area contributed by atoms with Crippen LogP contribution in [0.4, 0.5) is 0 Å². The Labute approximate surface area is 350 Å². The molecule has 4 nitrogen and oxygen atoms in total. The first-order valence-corrected chi connectivity index (χ1v) is 21.0. The predicted octanol–water partition coefficient (Wildman–Crippen LogP) is 14.8. The molecule has 60 heavy (non-hydrogen) atoms. The third kappa shape index (κ3) is 5.48. The van der Waals surface area contributed by atoms with Gasteiger partial charge >= 0.3 is 0 Å². The van der Waals surface area contributed by atoms with E-state index in [1.54, 1.807) is 11.3 Å². The molecule has 3 heterocycles. The molecule has 0 spiro atoms. The van der Waals surface area contributed by atoms with Gasteiger partial charge in [0.2, 0.25) is 0 Å². The fraction of sp³-hybridized carbons (Fsp3) is 0. The van der Waals surface area contributed by atoms with Crippen LogP contribution in [0.3, 0.4) is 0 Å². The molecule has 0 saturated heterocycles. The van der Waals surface area contributed by atoms with Crippen molar-refractivity contribution >= 4 is 64.1 Å². The zero-order chi connectivity index (χ0) is 39.6. The summed E-state index contributed by atoms with van der Waals surface area (Å²) < 4.78 is 4.81. The van der Waals surface area contributed by atoms with E-state index < -0.39 is 0 Å². The van der Waals surface area contributed by atoms with Crippen molar-refractivity contribution in [1.29, 1.82) is 0 Å². The van der Waals surface area contributed by atoms with Crippen molar-refractivity contribution in [1.82, 2.24) is 19.5 Å². The number of thiophene rings is 1. The fourth-order valence-electron chi connectivity index (χ4n) is 9.02. The molecular formula is C55H34N4S. The Morgan fingerprint density at radius 2 is 0.783 bits per heavy atom. The summed E-state index contributed by atoms with van der Waals surface area (Å²) in [5.74, 6) is 1.91. The number of rotatable bonds is 6. The second kappa shape index (κ2) is 14.0. The molecule has 0 aliphatic carbocycles. The molecule has 3 aromatic heterocycles. The number of nitrogens with zero attached hydrogens (tertiary/aromatic N) is 4. The van der Waals surface area contributed by atoms with Gasteiger partial charge in [-0.2, -0.15) is 0 Å². The Morgan fingerprint density at radius 1 is 0.300 bits per heavy atom. The monoisotopic (exact) mass is 782 g/mol. The van der Waals surface area contributed by atoms with E-state index in [-0.39, 0.29) is 0 Å². The van der Waals surface area contributed by atoms with Crippen molar-refractivity contribution in [3.8, 4) is 62.1 Å². The van der Waals surface area contributed by atoms with Gasteiger partial charge in [0.05, 0.1) is 16.7 Å². The van der Waals surface area contributed by atoms with Crippen LogP contribution in [0, 0.1) is 0 Å². The predicted molar refractivity (Wildman–Crippen MR) is 252 cm³/mol. The largest absolute Gasteiger partial charge is 0.309 e. The summed E-state index contributed by atoms with van der Waals surface area (Å²) in [5.41, 5.74) is 10.8. The molecule has 0 fully saturated rings. The molecule has 5 heteroatoms. The molecular weight excluding hydrogens is 749 g/mol. The minimum atomic E-state index is 0.627.